The van der Waals surface area contributed by atoms with Crippen molar-refractivity contribution >= 4 is 34.0 Å². The molecule has 2 aliphatic heterocycles. The maximum Gasteiger partial charge on any atom is 0.231 e. The third-order valence-corrected chi connectivity index (χ3v) is 5.19. The summed E-state index contributed by atoms with van der Waals surface area (Å²) in [5.74, 6) is 1.19. The maximum atomic E-state index is 12.4. The summed E-state index contributed by atoms with van der Waals surface area (Å²) in [5.41, 5.74) is 2.82. The van der Waals surface area contributed by atoms with E-state index in [0.717, 1.165) is 27.6 Å². The predicted molar refractivity (Wildman–Crippen MR) is 96.6 cm³/mol. The fraction of sp³-hybridized carbons (Fsp3) is 0.150. The van der Waals surface area contributed by atoms with Crippen LogP contribution in [0.25, 0.3) is 10.8 Å². The van der Waals surface area contributed by atoms with Gasteiger partial charge in [-0.1, -0.05) is 48.0 Å². The number of fused-ring (bicyclic) bond motifs is 4. The van der Waals surface area contributed by atoms with Gasteiger partial charge in [-0.2, -0.15) is 0 Å². The number of carbonyl (C=O) groups excluding carboxylic acids is 1. The van der Waals surface area contributed by atoms with Crippen LogP contribution in [0.15, 0.2) is 48.5 Å². The van der Waals surface area contributed by atoms with Gasteiger partial charge in [0.05, 0.1) is 5.69 Å². The number of anilines is 1. The van der Waals surface area contributed by atoms with Crippen LogP contribution in [0.5, 0.6) is 11.5 Å². The van der Waals surface area contributed by atoms with Gasteiger partial charge in [0.15, 0.2) is 11.5 Å². The minimum atomic E-state index is -0.115. The van der Waals surface area contributed by atoms with Crippen molar-refractivity contribution in [2.75, 3.05) is 12.1 Å². The zero-order valence-corrected chi connectivity index (χ0v) is 14.0. The molecular weight excluding hydrogens is 338 g/mol. The molecule has 0 saturated carbocycles. The van der Waals surface area contributed by atoms with Gasteiger partial charge < -0.3 is 14.8 Å². The zero-order chi connectivity index (χ0) is 17.0. The number of benzene rings is 3. The van der Waals surface area contributed by atoms with Gasteiger partial charge in [0.25, 0.3) is 0 Å². The van der Waals surface area contributed by atoms with E-state index in [-0.39, 0.29) is 18.6 Å². The van der Waals surface area contributed by atoms with Crippen molar-refractivity contribution in [2.24, 2.45) is 0 Å². The number of hydrogen-bond acceptors (Lipinski definition) is 3. The fourth-order valence-electron chi connectivity index (χ4n) is 3.68. The van der Waals surface area contributed by atoms with Crippen molar-refractivity contribution in [1.29, 1.82) is 0 Å². The minimum Gasteiger partial charge on any atom is -0.454 e. The molecule has 0 fully saturated rings. The molecule has 0 saturated heterocycles. The quantitative estimate of drug-likeness (QED) is 0.691. The second-order valence-corrected chi connectivity index (χ2v) is 6.69. The summed E-state index contributed by atoms with van der Waals surface area (Å²) in [4.78, 5) is 12.4. The minimum absolute atomic E-state index is 0.0115. The summed E-state index contributed by atoms with van der Waals surface area (Å²) in [6, 6.07) is 15.9. The molecular formula is C20H14ClNO3. The highest BCUT2D eigenvalue weighted by atomic mass is 35.5. The van der Waals surface area contributed by atoms with Gasteiger partial charge >= 0.3 is 0 Å². The molecule has 0 bridgehead atoms. The first kappa shape index (κ1) is 14.6. The molecule has 25 heavy (non-hydrogen) atoms. The van der Waals surface area contributed by atoms with Crippen LogP contribution in [-0.2, 0) is 4.79 Å². The van der Waals surface area contributed by atoms with Crippen LogP contribution in [0.2, 0.25) is 5.02 Å². The second-order valence-electron chi connectivity index (χ2n) is 6.28. The fourth-order valence-corrected chi connectivity index (χ4v) is 3.97. The molecule has 0 radical (unpaired) electrons. The lowest BCUT2D eigenvalue weighted by molar-refractivity contribution is -0.116. The first-order valence-electron chi connectivity index (χ1n) is 8.11. The third-order valence-electron chi connectivity index (χ3n) is 4.86. The van der Waals surface area contributed by atoms with E-state index in [1.54, 1.807) is 6.07 Å². The van der Waals surface area contributed by atoms with E-state index < -0.39 is 0 Å². The predicted octanol–water partition coefficient (Wildman–Crippen LogP) is 4.70. The van der Waals surface area contributed by atoms with E-state index in [0.29, 0.717) is 22.9 Å². The van der Waals surface area contributed by atoms with Gasteiger partial charge in [-0.05, 0) is 22.6 Å². The molecule has 1 amide bonds. The number of amides is 1. The largest absolute Gasteiger partial charge is 0.454 e. The van der Waals surface area contributed by atoms with Crippen LogP contribution < -0.4 is 14.8 Å². The molecule has 1 N–H and O–H groups in total. The zero-order valence-electron chi connectivity index (χ0n) is 13.2. The summed E-state index contributed by atoms with van der Waals surface area (Å²) in [5, 5.41) is 5.76. The summed E-state index contributed by atoms with van der Waals surface area (Å²) < 4.78 is 10.9. The highest BCUT2D eigenvalue weighted by Gasteiger charge is 2.30. The molecule has 5 heteroatoms. The molecule has 124 valence electrons. The molecule has 1 unspecified atom stereocenters. The van der Waals surface area contributed by atoms with Gasteiger partial charge in [0.1, 0.15) is 0 Å². The van der Waals surface area contributed by atoms with Gasteiger partial charge in [-0.15, -0.1) is 0 Å². The Morgan fingerprint density at radius 3 is 2.68 bits per heavy atom. The summed E-state index contributed by atoms with van der Waals surface area (Å²) in [6.45, 7) is 0.196. The molecule has 2 heterocycles. The molecule has 5 rings (SSSR count). The van der Waals surface area contributed by atoms with Crippen LogP contribution in [0.3, 0.4) is 0 Å². The SMILES string of the molecule is O=C1CC(c2cc3c(cc2Cl)OCO3)c2ccc3ccccc3c2N1. The average Bonchev–Trinajstić information content (AvgIpc) is 3.07. The van der Waals surface area contributed by atoms with Gasteiger partial charge in [0, 0.05) is 28.8 Å². The Kier molecular flexibility index (Phi) is 3.15. The van der Waals surface area contributed by atoms with Crippen LogP contribution >= 0.6 is 11.6 Å². The summed E-state index contributed by atoms with van der Waals surface area (Å²) >= 11 is 6.51. The molecule has 3 aromatic rings. The molecule has 0 spiro atoms. The molecule has 4 nitrogen and oxygen atoms in total. The number of halogens is 1. The van der Waals surface area contributed by atoms with Gasteiger partial charge in [-0.3, -0.25) is 4.79 Å². The number of hydrogen-bond donors (Lipinski definition) is 1. The van der Waals surface area contributed by atoms with Gasteiger partial charge in [0.2, 0.25) is 12.7 Å². The van der Waals surface area contributed by atoms with Crippen LogP contribution in [0.4, 0.5) is 5.69 Å². The van der Waals surface area contributed by atoms with E-state index in [9.17, 15) is 4.79 Å². The number of ether oxygens (including phenoxy) is 2. The number of rotatable bonds is 1. The summed E-state index contributed by atoms with van der Waals surface area (Å²) in [7, 11) is 0. The smallest absolute Gasteiger partial charge is 0.231 e. The Balaban J connectivity index is 1.72. The number of carbonyl (C=O) groups is 1. The third kappa shape index (κ3) is 2.25. The lowest BCUT2D eigenvalue weighted by atomic mass is 9.83. The maximum absolute atomic E-state index is 12.4. The van der Waals surface area contributed by atoms with Crippen LogP contribution in [0.1, 0.15) is 23.5 Å². The molecule has 0 aromatic heterocycles. The van der Waals surface area contributed by atoms with Crippen molar-refractivity contribution in [3.63, 3.8) is 0 Å². The van der Waals surface area contributed by atoms with E-state index in [1.165, 1.54) is 0 Å². The first-order valence-corrected chi connectivity index (χ1v) is 8.49. The van der Waals surface area contributed by atoms with E-state index in [4.69, 9.17) is 21.1 Å². The highest BCUT2D eigenvalue weighted by molar-refractivity contribution is 6.31. The highest BCUT2D eigenvalue weighted by Crippen LogP contribution is 2.46. The van der Waals surface area contributed by atoms with Gasteiger partial charge in [-0.25, -0.2) is 0 Å². The van der Waals surface area contributed by atoms with Crippen molar-refractivity contribution in [3.8, 4) is 11.5 Å². The summed E-state index contributed by atoms with van der Waals surface area (Å²) in [6.07, 6.45) is 0.352. The normalized spacial score (nSPS) is 18.1. The standard InChI is InChI=1S/C20H14ClNO3/c21-16-9-18-17(24-10-25-18)7-15(16)14-8-19(23)22-20-12-4-2-1-3-11(12)5-6-13(14)20/h1-7,9,14H,8,10H2,(H,22,23). The Hall–Kier alpha value is -2.72. The topological polar surface area (TPSA) is 47.6 Å². The van der Waals surface area contributed by atoms with Crippen molar-refractivity contribution < 1.29 is 14.3 Å². The lowest BCUT2D eigenvalue weighted by Crippen LogP contribution is -2.24. The Morgan fingerprint density at radius 2 is 1.80 bits per heavy atom. The number of nitrogens with one attached hydrogen (secondary N) is 1. The lowest BCUT2D eigenvalue weighted by Gasteiger charge is -2.28. The molecule has 2 aliphatic rings. The van der Waals surface area contributed by atoms with Crippen LogP contribution in [-0.4, -0.2) is 12.7 Å². The van der Waals surface area contributed by atoms with Crippen molar-refractivity contribution in [1.82, 2.24) is 0 Å². The second kappa shape index (κ2) is 5.39. The van der Waals surface area contributed by atoms with Crippen molar-refractivity contribution in [2.45, 2.75) is 12.3 Å². The monoisotopic (exact) mass is 351 g/mol. The van der Waals surface area contributed by atoms with Crippen molar-refractivity contribution in [3.05, 3.63) is 64.7 Å². The Bertz CT molecular complexity index is 1030. The van der Waals surface area contributed by atoms with E-state index in [1.807, 2.05) is 30.3 Å². The first-order chi connectivity index (χ1) is 12.2. The van der Waals surface area contributed by atoms with Crippen LogP contribution in [0, 0.1) is 0 Å². The Labute approximate surface area is 149 Å². The molecule has 3 aromatic carbocycles. The molecule has 1 atom stereocenters. The average molecular weight is 352 g/mol. The van der Waals surface area contributed by atoms with E-state index in [2.05, 4.69) is 17.4 Å². The Morgan fingerprint density at radius 1 is 1.00 bits per heavy atom. The van der Waals surface area contributed by atoms with E-state index >= 15 is 0 Å². The molecule has 0 aliphatic carbocycles.